The van der Waals surface area contributed by atoms with Crippen LogP contribution in [-0.4, -0.2) is 44.1 Å². The van der Waals surface area contributed by atoms with Gasteiger partial charge < -0.3 is 24.8 Å². The van der Waals surface area contributed by atoms with Gasteiger partial charge in [-0.15, -0.1) is 0 Å². The van der Waals surface area contributed by atoms with Crippen molar-refractivity contribution in [3.8, 4) is 22.6 Å². The Balaban J connectivity index is 1.91. The number of aromatic nitrogens is 1. The minimum Gasteiger partial charge on any atom is -0.484 e. The average molecular weight is 550 g/mol. The second-order valence-electron chi connectivity index (χ2n) is 11.1. The highest BCUT2D eigenvalue weighted by Crippen LogP contribution is 2.53. The number of benzene rings is 2. The summed E-state index contributed by atoms with van der Waals surface area (Å²) in [5, 5.41) is 29.7. The molecule has 1 aromatic heterocycles. The maximum absolute atomic E-state index is 14.0. The average Bonchev–Trinajstić information content (AvgIpc) is 3.20. The molecular weight excluding hydrogens is 513 g/mol. The number of pyridine rings is 1. The van der Waals surface area contributed by atoms with Crippen molar-refractivity contribution in [2.45, 2.75) is 77.3 Å². The highest BCUT2D eigenvalue weighted by Gasteiger charge is 2.38. The third kappa shape index (κ3) is 6.87. The SMILES string of the molecule is CC(C)c1c(/C=C/C(O)CC(O)CC(=O)O)c(-c2ccc(F)cc2)c(OCc2cccnc2)c2c1CC(C)(C)O2. The Morgan fingerprint density at radius 1 is 1.20 bits per heavy atom. The molecular formula is C32H36FNO6. The highest BCUT2D eigenvalue weighted by atomic mass is 19.1. The monoisotopic (exact) mass is 549 g/mol. The number of halogens is 1. The summed E-state index contributed by atoms with van der Waals surface area (Å²) < 4.78 is 27.0. The van der Waals surface area contributed by atoms with Crippen molar-refractivity contribution in [1.29, 1.82) is 0 Å². The molecule has 1 aliphatic heterocycles. The fourth-order valence-corrected chi connectivity index (χ4v) is 5.18. The molecule has 2 heterocycles. The molecule has 0 spiro atoms. The normalized spacial score (nSPS) is 15.6. The molecule has 0 aliphatic carbocycles. The molecule has 0 fully saturated rings. The van der Waals surface area contributed by atoms with E-state index in [1.54, 1.807) is 36.7 Å². The van der Waals surface area contributed by atoms with Crippen LogP contribution in [0.25, 0.3) is 17.2 Å². The van der Waals surface area contributed by atoms with Crippen LogP contribution in [0.2, 0.25) is 0 Å². The van der Waals surface area contributed by atoms with Gasteiger partial charge in [-0.3, -0.25) is 9.78 Å². The van der Waals surface area contributed by atoms with E-state index in [-0.39, 0.29) is 24.8 Å². The number of ether oxygens (including phenoxy) is 2. The summed E-state index contributed by atoms with van der Waals surface area (Å²) in [6, 6.07) is 9.89. The van der Waals surface area contributed by atoms with E-state index in [4.69, 9.17) is 14.6 Å². The summed E-state index contributed by atoms with van der Waals surface area (Å²) >= 11 is 0. The molecule has 3 aromatic rings. The predicted octanol–water partition coefficient (Wildman–Crippen LogP) is 5.90. The maximum atomic E-state index is 14.0. The Morgan fingerprint density at radius 3 is 2.55 bits per heavy atom. The third-order valence-electron chi connectivity index (χ3n) is 6.80. The van der Waals surface area contributed by atoms with Crippen LogP contribution < -0.4 is 9.47 Å². The molecule has 2 aromatic carbocycles. The van der Waals surface area contributed by atoms with Crippen molar-refractivity contribution in [3.05, 3.63) is 82.9 Å². The second-order valence-corrected chi connectivity index (χ2v) is 11.1. The van der Waals surface area contributed by atoms with E-state index in [0.29, 0.717) is 29.0 Å². The number of aliphatic carboxylic acids is 1. The van der Waals surface area contributed by atoms with Gasteiger partial charge in [-0.05, 0) is 54.7 Å². The Hall–Kier alpha value is -3.75. The number of carboxylic acids is 1. The first-order valence-electron chi connectivity index (χ1n) is 13.4. The van der Waals surface area contributed by atoms with Gasteiger partial charge in [-0.25, -0.2) is 4.39 Å². The van der Waals surface area contributed by atoms with Crippen LogP contribution in [0.15, 0.2) is 54.9 Å². The molecule has 4 rings (SSSR count). The number of carbonyl (C=O) groups is 1. The van der Waals surface area contributed by atoms with Gasteiger partial charge in [0.05, 0.1) is 18.6 Å². The highest BCUT2D eigenvalue weighted by molar-refractivity contribution is 5.87. The molecule has 212 valence electrons. The summed E-state index contributed by atoms with van der Waals surface area (Å²) in [4.78, 5) is 15.1. The predicted molar refractivity (Wildman–Crippen MR) is 151 cm³/mol. The van der Waals surface area contributed by atoms with Crippen molar-refractivity contribution in [2.24, 2.45) is 0 Å². The van der Waals surface area contributed by atoms with Crippen molar-refractivity contribution >= 4 is 12.0 Å². The number of hydrogen-bond donors (Lipinski definition) is 3. The van der Waals surface area contributed by atoms with E-state index >= 15 is 0 Å². The van der Waals surface area contributed by atoms with Crippen molar-refractivity contribution in [2.75, 3.05) is 0 Å². The minimum atomic E-state index is -1.19. The molecule has 0 saturated heterocycles. The van der Waals surface area contributed by atoms with Crippen LogP contribution in [0.5, 0.6) is 11.5 Å². The van der Waals surface area contributed by atoms with Gasteiger partial charge in [0.1, 0.15) is 18.0 Å². The van der Waals surface area contributed by atoms with Gasteiger partial charge in [0, 0.05) is 41.9 Å². The van der Waals surface area contributed by atoms with E-state index < -0.39 is 30.2 Å². The van der Waals surface area contributed by atoms with Crippen LogP contribution >= 0.6 is 0 Å². The number of aliphatic hydroxyl groups excluding tert-OH is 2. The van der Waals surface area contributed by atoms with Crippen molar-refractivity contribution in [1.82, 2.24) is 4.98 Å². The molecule has 0 bridgehead atoms. The molecule has 0 saturated carbocycles. The Morgan fingerprint density at radius 2 is 1.93 bits per heavy atom. The standard InChI is InChI=1S/C32H36FNO6/c1-19(2)28-25(12-11-23(35)14-24(36)15-27(37)38)29(21-7-9-22(33)10-8-21)31(30-26(28)16-32(3,4)40-30)39-18-20-6-5-13-34-17-20/h5-13,17,19,23-24,35-36H,14-16,18H2,1-4H3,(H,37,38)/b12-11+. The molecule has 2 unspecified atom stereocenters. The van der Waals surface area contributed by atoms with Crippen LogP contribution in [0.3, 0.4) is 0 Å². The zero-order valence-corrected chi connectivity index (χ0v) is 23.2. The molecule has 8 heteroatoms. The molecule has 0 radical (unpaired) electrons. The minimum absolute atomic E-state index is 0.0622. The van der Waals surface area contributed by atoms with Gasteiger partial charge in [-0.1, -0.05) is 44.2 Å². The van der Waals surface area contributed by atoms with Gasteiger partial charge in [0.2, 0.25) is 0 Å². The molecule has 0 amide bonds. The molecule has 1 aliphatic rings. The summed E-state index contributed by atoms with van der Waals surface area (Å²) in [5.74, 6) is -0.288. The lowest BCUT2D eigenvalue weighted by atomic mass is 9.83. The second kappa shape index (κ2) is 12.2. The van der Waals surface area contributed by atoms with Crippen LogP contribution in [0, 0.1) is 5.82 Å². The lowest BCUT2D eigenvalue weighted by Crippen LogP contribution is -2.25. The Kier molecular flexibility index (Phi) is 8.91. The fraction of sp³-hybridized carbons (Fsp3) is 0.375. The van der Waals surface area contributed by atoms with Gasteiger partial charge >= 0.3 is 5.97 Å². The van der Waals surface area contributed by atoms with E-state index in [9.17, 15) is 19.4 Å². The fourth-order valence-electron chi connectivity index (χ4n) is 5.18. The van der Waals surface area contributed by atoms with Crippen LogP contribution in [0.4, 0.5) is 4.39 Å². The lowest BCUT2D eigenvalue weighted by molar-refractivity contribution is -0.139. The largest absolute Gasteiger partial charge is 0.484 e. The topological polar surface area (TPSA) is 109 Å². The molecule has 2 atom stereocenters. The number of carboxylic acid groups (broad SMARTS) is 1. The third-order valence-corrected chi connectivity index (χ3v) is 6.80. The quantitative estimate of drug-likeness (QED) is 0.273. The number of aliphatic hydroxyl groups is 2. The number of nitrogens with zero attached hydrogens (tertiary/aromatic N) is 1. The zero-order chi connectivity index (χ0) is 29.0. The van der Waals surface area contributed by atoms with Gasteiger partial charge in [-0.2, -0.15) is 0 Å². The summed E-state index contributed by atoms with van der Waals surface area (Å²) in [6.45, 7) is 8.42. The zero-order valence-electron chi connectivity index (χ0n) is 23.2. The van der Waals surface area contributed by atoms with Crippen molar-refractivity contribution in [3.63, 3.8) is 0 Å². The van der Waals surface area contributed by atoms with E-state index in [0.717, 1.165) is 22.3 Å². The first-order valence-corrected chi connectivity index (χ1v) is 13.4. The van der Waals surface area contributed by atoms with Gasteiger partial charge in [0.25, 0.3) is 0 Å². The maximum Gasteiger partial charge on any atom is 0.305 e. The first kappa shape index (κ1) is 29.2. The number of rotatable bonds is 11. The van der Waals surface area contributed by atoms with Gasteiger partial charge in [0.15, 0.2) is 11.5 Å². The molecule has 40 heavy (non-hydrogen) atoms. The van der Waals surface area contributed by atoms with E-state index in [2.05, 4.69) is 18.8 Å². The number of hydrogen-bond acceptors (Lipinski definition) is 6. The van der Waals surface area contributed by atoms with Crippen molar-refractivity contribution < 1.29 is 34.0 Å². The lowest BCUT2D eigenvalue weighted by Gasteiger charge is -2.24. The summed E-state index contributed by atoms with van der Waals surface area (Å²) in [7, 11) is 0. The molecule has 3 N–H and O–H groups in total. The first-order chi connectivity index (χ1) is 18.9. The summed E-state index contributed by atoms with van der Waals surface area (Å²) in [5.41, 5.74) is 4.59. The smallest absolute Gasteiger partial charge is 0.305 e. The Labute approximate surface area is 233 Å². The molecule has 7 nitrogen and oxygen atoms in total. The van der Waals surface area contributed by atoms with Crippen LogP contribution in [-0.2, 0) is 17.8 Å². The van der Waals surface area contributed by atoms with Crippen LogP contribution in [0.1, 0.15) is 68.7 Å². The number of fused-ring (bicyclic) bond motifs is 1. The summed E-state index contributed by atoms with van der Waals surface area (Å²) in [6.07, 6.45) is 4.54. The van der Waals surface area contributed by atoms with E-state index in [1.165, 1.54) is 12.1 Å². The Bertz CT molecular complexity index is 1370. The van der Waals surface area contributed by atoms with E-state index in [1.807, 2.05) is 26.0 Å².